The van der Waals surface area contributed by atoms with Gasteiger partial charge in [-0.15, -0.1) is 0 Å². The smallest absolute Gasteiger partial charge is 0.265 e. The molecule has 0 spiro atoms. The van der Waals surface area contributed by atoms with Crippen LogP contribution in [0.25, 0.3) is 11.3 Å². The molecule has 0 bridgehead atoms. The summed E-state index contributed by atoms with van der Waals surface area (Å²) < 4.78 is 6.41. The largest absolute Gasteiger partial charge is 0.367 e. The summed E-state index contributed by atoms with van der Waals surface area (Å²) in [7, 11) is 0. The monoisotopic (exact) mass is 382 g/mol. The topological polar surface area (TPSA) is 55.0 Å². The lowest BCUT2D eigenvalue weighted by atomic mass is 10.1. The van der Waals surface area contributed by atoms with Gasteiger partial charge in [0.25, 0.3) is 5.56 Å². The van der Waals surface area contributed by atoms with Gasteiger partial charge in [0, 0.05) is 5.56 Å². The molecule has 2 unspecified atom stereocenters. The summed E-state index contributed by atoms with van der Waals surface area (Å²) in [5.41, 5.74) is 1.58. The van der Waals surface area contributed by atoms with Gasteiger partial charge >= 0.3 is 0 Å². The molecule has 1 aromatic carbocycles. The molecule has 1 aliphatic heterocycles. The minimum Gasteiger partial charge on any atom is -0.367 e. The first-order valence-corrected chi connectivity index (χ1v) is 7.73. The molecule has 0 amide bonds. The highest BCUT2D eigenvalue weighted by Crippen LogP contribution is 2.31. The maximum atomic E-state index is 12.1. The highest BCUT2D eigenvalue weighted by molar-refractivity contribution is 14.1. The van der Waals surface area contributed by atoms with Crippen LogP contribution in [0.1, 0.15) is 31.7 Å². The zero-order valence-corrected chi connectivity index (χ0v) is 13.3. The molecule has 3 rings (SSSR count). The van der Waals surface area contributed by atoms with Gasteiger partial charge in [-0.25, -0.2) is 4.98 Å². The van der Waals surface area contributed by atoms with Gasteiger partial charge in [0.2, 0.25) is 0 Å². The van der Waals surface area contributed by atoms with E-state index in [1.807, 2.05) is 59.8 Å². The van der Waals surface area contributed by atoms with Crippen LogP contribution in [0.2, 0.25) is 0 Å². The fourth-order valence-electron chi connectivity index (χ4n) is 2.42. The fraction of sp³-hybridized carbons (Fsp3) is 0.333. The third-order valence-corrected chi connectivity index (χ3v) is 4.47. The second-order valence-electron chi connectivity index (χ2n) is 4.99. The van der Waals surface area contributed by atoms with Crippen molar-refractivity contribution in [2.45, 2.75) is 32.0 Å². The van der Waals surface area contributed by atoms with Crippen molar-refractivity contribution in [1.82, 2.24) is 9.97 Å². The quantitative estimate of drug-likeness (QED) is 0.812. The first-order valence-electron chi connectivity index (χ1n) is 6.65. The van der Waals surface area contributed by atoms with Gasteiger partial charge in [0.1, 0.15) is 15.5 Å². The van der Waals surface area contributed by atoms with Crippen LogP contribution in [0, 0.1) is 3.57 Å². The Morgan fingerprint density at radius 3 is 2.70 bits per heavy atom. The Kier molecular flexibility index (Phi) is 3.89. The van der Waals surface area contributed by atoms with Gasteiger partial charge in [-0.2, -0.15) is 0 Å². The summed E-state index contributed by atoms with van der Waals surface area (Å²) in [4.78, 5) is 19.6. The third kappa shape index (κ3) is 2.64. The average Bonchev–Trinajstić information content (AvgIpc) is 2.89. The summed E-state index contributed by atoms with van der Waals surface area (Å²) in [6, 6.07) is 9.77. The molecule has 1 aromatic heterocycles. The van der Waals surface area contributed by atoms with E-state index in [0.717, 1.165) is 24.1 Å². The van der Waals surface area contributed by atoms with Crippen LogP contribution >= 0.6 is 22.6 Å². The number of aromatic nitrogens is 2. The lowest BCUT2D eigenvalue weighted by molar-refractivity contribution is 0.0502. The molecule has 4 nitrogen and oxygen atoms in total. The summed E-state index contributed by atoms with van der Waals surface area (Å²) in [6.45, 7) is 2.04. The maximum absolute atomic E-state index is 12.1. The molecule has 1 saturated heterocycles. The highest BCUT2D eigenvalue weighted by atomic mass is 127. The number of benzene rings is 1. The van der Waals surface area contributed by atoms with E-state index in [4.69, 9.17) is 4.74 Å². The van der Waals surface area contributed by atoms with Crippen LogP contribution in [0.15, 0.2) is 35.1 Å². The van der Waals surface area contributed by atoms with Crippen molar-refractivity contribution >= 4 is 22.6 Å². The Morgan fingerprint density at radius 2 is 2.05 bits per heavy atom. The van der Waals surface area contributed by atoms with Gasteiger partial charge in [0.05, 0.1) is 11.8 Å². The summed E-state index contributed by atoms with van der Waals surface area (Å²) in [6.07, 6.45) is 2.03. The predicted octanol–water partition coefficient (Wildman–Crippen LogP) is 3.28. The fourth-order valence-corrected chi connectivity index (χ4v) is 2.99. The van der Waals surface area contributed by atoms with Gasteiger partial charge in [-0.3, -0.25) is 4.79 Å². The van der Waals surface area contributed by atoms with Crippen LogP contribution in [-0.4, -0.2) is 16.1 Å². The average molecular weight is 382 g/mol. The van der Waals surface area contributed by atoms with Gasteiger partial charge in [0.15, 0.2) is 0 Å². The first-order chi connectivity index (χ1) is 9.65. The van der Waals surface area contributed by atoms with Crippen molar-refractivity contribution in [3.8, 4) is 11.3 Å². The Hall–Kier alpha value is -1.21. The number of ether oxygens (including phenoxy) is 1. The minimum atomic E-state index is -0.0998. The van der Waals surface area contributed by atoms with Crippen LogP contribution in [0.3, 0.4) is 0 Å². The van der Waals surface area contributed by atoms with Crippen molar-refractivity contribution < 1.29 is 4.74 Å². The van der Waals surface area contributed by atoms with Crippen molar-refractivity contribution in [3.63, 3.8) is 0 Å². The van der Waals surface area contributed by atoms with E-state index >= 15 is 0 Å². The van der Waals surface area contributed by atoms with Gasteiger partial charge in [-0.1, -0.05) is 30.3 Å². The minimum absolute atomic E-state index is 0.0994. The number of rotatable bonds is 2. The number of H-pyrrole nitrogens is 1. The Labute approximate surface area is 130 Å². The van der Waals surface area contributed by atoms with Crippen molar-refractivity contribution in [2.75, 3.05) is 0 Å². The standard InChI is InChI=1S/C15H15IN2O2/c1-9-7-8-11(20-9)14-17-13(12(16)15(19)18-14)10-5-3-2-4-6-10/h2-6,9,11H,7-8H2,1H3,(H,17,18,19). The first kappa shape index (κ1) is 13.8. The van der Waals surface area contributed by atoms with E-state index in [1.165, 1.54) is 0 Å². The predicted molar refractivity (Wildman–Crippen MR) is 85.5 cm³/mol. The molecular weight excluding hydrogens is 367 g/mol. The molecule has 1 aliphatic rings. The number of nitrogens with zero attached hydrogens (tertiary/aromatic N) is 1. The van der Waals surface area contributed by atoms with Crippen LogP contribution in [0.5, 0.6) is 0 Å². The molecule has 20 heavy (non-hydrogen) atoms. The van der Waals surface area contributed by atoms with Crippen molar-refractivity contribution in [2.24, 2.45) is 0 Å². The second-order valence-corrected chi connectivity index (χ2v) is 6.07. The highest BCUT2D eigenvalue weighted by Gasteiger charge is 2.26. The summed E-state index contributed by atoms with van der Waals surface area (Å²) >= 11 is 2.05. The Bertz CT molecular complexity index is 669. The van der Waals surface area contributed by atoms with E-state index < -0.39 is 0 Å². The lowest BCUT2D eigenvalue weighted by Gasteiger charge is -2.12. The normalized spacial score (nSPS) is 22.1. The van der Waals surface area contributed by atoms with Gasteiger partial charge in [-0.05, 0) is 42.4 Å². The molecule has 0 radical (unpaired) electrons. The zero-order chi connectivity index (χ0) is 14.1. The Balaban J connectivity index is 2.07. The lowest BCUT2D eigenvalue weighted by Crippen LogP contribution is -2.18. The van der Waals surface area contributed by atoms with Crippen molar-refractivity contribution in [1.29, 1.82) is 0 Å². The number of hydrogen-bond acceptors (Lipinski definition) is 3. The number of aromatic amines is 1. The molecule has 0 aliphatic carbocycles. The third-order valence-electron chi connectivity index (χ3n) is 3.47. The number of hydrogen-bond donors (Lipinski definition) is 1. The van der Waals surface area contributed by atoms with E-state index in [-0.39, 0.29) is 17.8 Å². The number of nitrogens with one attached hydrogen (secondary N) is 1. The maximum Gasteiger partial charge on any atom is 0.265 e. The van der Waals surface area contributed by atoms with Gasteiger partial charge < -0.3 is 9.72 Å². The molecular formula is C15H15IN2O2. The van der Waals surface area contributed by atoms with E-state index in [9.17, 15) is 4.79 Å². The van der Waals surface area contributed by atoms with E-state index in [0.29, 0.717) is 9.39 Å². The van der Waals surface area contributed by atoms with Crippen molar-refractivity contribution in [3.05, 3.63) is 50.1 Å². The molecule has 2 heterocycles. The molecule has 1 fully saturated rings. The summed E-state index contributed by atoms with van der Waals surface area (Å²) in [5.74, 6) is 0.638. The zero-order valence-electron chi connectivity index (χ0n) is 11.1. The number of halogens is 1. The summed E-state index contributed by atoms with van der Waals surface area (Å²) in [5, 5.41) is 0. The van der Waals surface area contributed by atoms with Crippen LogP contribution in [0.4, 0.5) is 0 Å². The molecule has 104 valence electrons. The van der Waals surface area contributed by atoms with E-state index in [2.05, 4.69) is 9.97 Å². The SMILES string of the molecule is CC1CCC(c2nc(-c3ccccc3)c(I)c(=O)[nH]2)O1. The second kappa shape index (κ2) is 5.65. The molecule has 2 atom stereocenters. The van der Waals surface area contributed by atoms with Crippen LogP contribution in [-0.2, 0) is 4.74 Å². The molecule has 5 heteroatoms. The Morgan fingerprint density at radius 1 is 1.30 bits per heavy atom. The molecule has 0 saturated carbocycles. The molecule has 1 N–H and O–H groups in total. The molecule has 2 aromatic rings. The van der Waals surface area contributed by atoms with Crippen LogP contribution < -0.4 is 5.56 Å². The van der Waals surface area contributed by atoms with E-state index in [1.54, 1.807) is 0 Å².